The Morgan fingerprint density at radius 1 is 1.26 bits per heavy atom. The van der Waals surface area contributed by atoms with Gasteiger partial charge in [-0.15, -0.1) is 0 Å². The van der Waals surface area contributed by atoms with Crippen molar-refractivity contribution in [3.8, 4) is 17.4 Å². The number of hydrogen-bond acceptors (Lipinski definition) is 8. The molecule has 2 aromatic rings. The molecule has 1 atom stereocenters. The molecule has 1 aromatic carbocycles. The predicted octanol–water partition coefficient (Wildman–Crippen LogP) is 3.11. The topological polar surface area (TPSA) is 128 Å². The fourth-order valence-electron chi connectivity index (χ4n) is 3.91. The van der Waals surface area contributed by atoms with Crippen LogP contribution in [0.25, 0.3) is 0 Å². The van der Waals surface area contributed by atoms with Crippen LogP contribution in [-0.2, 0) is 6.61 Å². The second-order valence-electron chi connectivity index (χ2n) is 8.03. The van der Waals surface area contributed by atoms with E-state index in [2.05, 4.69) is 27.0 Å². The summed E-state index contributed by atoms with van der Waals surface area (Å²) < 4.78 is 48.3. The predicted molar refractivity (Wildman–Crippen MR) is 126 cm³/mol. The average molecular weight is 514 g/mol. The molecule has 0 bridgehead atoms. The molecule has 10 nitrogen and oxygen atoms in total. The van der Waals surface area contributed by atoms with Gasteiger partial charge < -0.3 is 30.2 Å². The van der Waals surface area contributed by atoms with Gasteiger partial charge >= 0.3 is 6.03 Å². The van der Waals surface area contributed by atoms with E-state index in [0.717, 1.165) is 43.4 Å². The highest BCUT2D eigenvalue weighted by molar-refractivity contribution is 7.11. The third kappa shape index (κ3) is 6.28. The van der Waals surface area contributed by atoms with E-state index in [1.165, 1.54) is 20.6 Å². The Morgan fingerprint density at radius 2 is 1.94 bits per heavy atom. The fourth-order valence-corrected chi connectivity index (χ4v) is 4.65. The maximum absolute atomic E-state index is 14.6. The smallest absolute Gasteiger partial charge is 0.319 e. The van der Waals surface area contributed by atoms with Gasteiger partial charge in [-0.2, -0.15) is 4.37 Å². The Kier molecular flexibility index (Phi) is 9.04. The maximum atomic E-state index is 14.6. The van der Waals surface area contributed by atoms with Crippen molar-refractivity contribution in [2.75, 3.05) is 39.7 Å². The molecule has 3 amide bonds. The van der Waals surface area contributed by atoms with E-state index in [1.807, 2.05) is 0 Å². The Labute approximate surface area is 205 Å². The molecule has 3 rings (SSSR count). The van der Waals surface area contributed by atoms with E-state index in [4.69, 9.17) is 19.9 Å². The molecule has 13 heteroatoms. The fraction of sp³-hybridized carbons (Fsp3) is 0.500. The number of primary amides is 1. The number of nitrogens with one attached hydrogen (secondary N) is 2. The number of urea groups is 1. The van der Waals surface area contributed by atoms with Gasteiger partial charge in [-0.1, -0.05) is 0 Å². The minimum atomic E-state index is -0.983. The van der Waals surface area contributed by atoms with Gasteiger partial charge in [-0.25, -0.2) is 13.6 Å². The molecule has 0 radical (unpaired) electrons. The number of aromatic nitrogens is 1. The summed E-state index contributed by atoms with van der Waals surface area (Å²) in [5.74, 6) is -3.63. The molecule has 2 heterocycles. The quantitative estimate of drug-likeness (QED) is 0.394. The van der Waals surface area contributed by atoms with Crippen LogP contribution in [-0.4, -0.2) is 61.6 Å². The normalized spacial score (nSPS) is 15.6. The van der Waals surface area contributed by atoms with Crippen LogP contribution in [0, 0.1) is 11.6 Å². The van der Waals surface area contributed by atoms with E-state index in [-0.39, 0.29) is 27.9 Å². The molecule has 0 aliphatic carbocycles. The molecule has 0 spiro atoms. The summed E-state index contributed by atoms with van der Waals surface area (Å²) >= 11 is 0.760. The molecule has 1 fully saturated rings. The highest BCUT2D eigenvalue weighted by Crippen LogP contribution is 2.34. The van der Waals surface area contributed by atoms with Crippen molar-refractivity contribution in [1.82, 2.24) is 14.6 Å². The van der Waals surface area contributed by atoms with Crippen LogP contribution in [0.1, 0.15) is 41.6 Å². The van der Waals surface area contributed by atoms with Gasteiger partial charge in [0.2, 0.25) is 5.88 Å². The number of methoxy groups -OCH3 is 2. The molecule has 1 saturated heterocycles. The number of carbonyl (C=O) groups excluding carboxylic acids is 2. The summed E-state index contributed by atoms with van der Waals surface area (Å²) in [6, 6.07) is 1.07. The first-order valence-electron chi connectivity index (χ1n) is 11.0. The van der Waals surface area contributed by atoms with Crippen LogP contribution in [0.5, 0.6) is 17.4 Å². The Balaban J connectivity index is 1.63. The number of ether oxygens (including phenoxy) is 3. The maximum Gasteiger partial charge on any atom is 0.319 e. The SMILES string of the molecule is COc1cc(OC)c(F)c(COc2nsc(NC(=O)NCCCC3CCCN3C)c2C(N)=O)c1F. The summed E-state index contributed by atoms with van der Waals surface area (Å²) in [6.07, 6.45) is 4.13. The molecule has 192 valence electrons. The molecule has 1 aromatic heterocycles. The van der Waals surface area contributed by atoms with Crippen LogP contribution in [0.3, 0.4) is 0 Å². The summed E-state index contributed by atoms with van der Waals surface area (Å²) in [5.41, 5.74) is 4.76. The molecule has 0 saturated carbocycles. The number of anilines is 1. The van der Waals surface area contributed by atoms with Gasteiger partial charge in [0.25, 0.3) is 5.91 Å². The van der Waals surface area contributed by atoms with E-state index in [1.54, 1.807) is 0 Å². The van der Waals surface area contributed by atoms with Gasteiger partial charge in [0.1, 0.15) is 17.2 Å². The second-order valence-corrected chi connectivity index (χ2v) is 8.81. The average Bonchev–Trinajstić information content (AvgIpc) is 3.42. The number of amides is 3. The third-order valence-electron chi connectivity index (χ3n) is 5.82. The highest BCUT2D eigenvalue weighted by Gasteiger charge is 2.25. The van der Waals surface area contributed by atoms with Crippen LogP contribution in [0.2, 0.25) is 0 Å². The van der Waals surface area contributed by atoms with Crippen molar-refractivity contribution in [2.24, 2.45) is 5.73 Å². The number of likely N-dealkylation sites (tertiary alicyclic amines) is 1. The number of halogens is 2. The van der Waals surface area contributed by atoms with Gasteiger partial charge in [-0.05, 0) is 50.8 Å². The number of hydrogen-bond donors (Lipinski definition) is 3. The number of rotatable bonds is 11. The Bertz CT molecular complexity index is 1040. The van der Waals surface area contributed by atoms with Crippen molar-refractivity contribution >= 4 is 28.5 Å². The first kappa shape index (κ1) is 26.4. The van der Waals surface area contributed by atoms with E-state index in [9.17, 15) is 18.4 Å². The summed E-state index contributed by atoms with van der Waals surface area (Å²) in [5, 5.41) is 5.33. The highest BCUT2D eigenvalue weighted by atomic mass is 32.1. The molecule has 4 N–H and O–H groups in total. The van der Waals surface area contributed by atoms with Gasteiger partial charge in [0, 0.05) is 18.7 Å². The largest absolute Gasteiger partial charge is 0.494 e. The van der Waals surface area contributed by atoms with Gasteiger partial charge in [-0.3, -0.25) is 10.1 Å². The minimum absolute atomic E-state index is 0.0599. The number of benzene rings is 1. The van der Waals surface area contributed by atoms with Crippen molar-refractivity contribution in [2.45, 2.75) is 38.3 Å². The van der Waals surface area contributed by atoms with Gasteiger partial charge in [0.05, 0.1) is 19.8 Å². The van der Waals surface area contributed by atoms with Crippen molar-refractivity contribution in [1.29, 1.82) is 0 Å². The zero-order valence-electron chi connectivity index (χ0n) is 19.8. The monoisotopic (exact) mass is 513 g/mol. The summed E-state index contributed by atoms with van der Waals surface area (Å²) in [4.78, 5) is 26.6. The van der Waals surface area contributed by atoms with Crippen molar-refractivity contribution in [3.63, 3.8) is 0 Å². The molecular weight excluding hydrogens is 484 g/mol. The Hall–Kier alpha value is -3.19. The second kappa shape index (κ2) is 12.0. The first-order chi connectivity index (χ1) is 16.8. The molecule has 1 unspecified atom stereocenters. The number of nitrogens with zero attached hydrogens (tertiary/aromatic N) is 2. The zero-order valence-corrected chi connectivity index (χ0v) is 20.6. The number of carbonyl (C=O) groups is 2. The third-order valence-corrected chi connectivity index (χ3v) is 6.57. The van der Waals surface area contributed by atoms with E-state index < -0.39 is 35.7 Å². The lowest BCUT2D eigenvalue weighted by molar-refractivity contribution is 0.0996. The lowest BCUT2D eigenvalue weighted by Gasteiger charge is -2.19. The van der Waals surface area contributed by atoms with Crippen LogP contribution >= 0.6 is 11.5 Å². The van der Waals surface area contributed by atoms with E-state index >= 15 is 0 Å². The molecule has 1 aliphatic rings. The molecule has 35 heavy (non-hydrogen) atoms. The molecular formula is C22H29F2N5O5S. The van der Waals surface area contributed by atoms with Crippen LogP contribution < -0.4 is 30.6 Å². The number of nitrogens with two attached hydrogens (primary N) is 1. The lowest BCUT2D eigenvalue weighted by atomic mass is 10.1. The minimum Gasteiger partial charge on any atom is -0.494 e. The van der Waals surface area contributed by atoms with E-state index in [0.29, 0.717) is 12.6 Å². The summed E-state index contributed by atoms with van der Waals surface area (Å²) in [7, 11) is 4.55. The van der Waals surface area contributed by atoms with Crippen LogP contribution in [0.15, 0.2) is 6.07 Å². The lowest BCUT2D eigenvalue weighted by Crippen LogP contribution is -2.31. The van der Waals surface area contributed by atoms with Crippen molar-refractivity contribution < 1.29 is 32.6 Å². The Morgan fingerprint density at radius 3 is 2.51 bits per heavy atom. The summed E-state index contributed by atoms with van der Waals surface area (Å²) in [6.45, 7) is 0.922. The van der Waals surface area contributed by atoms with Crippen molar-refractivity contribution in [3.05, 3.63) is 28.8 Å². The van der Waals surface area contributed by atoms with Gasteiger partial charge in [0.15, 0.2) is 23.1 Å². The molecule has 1 aliphatic heterocycles. The van der Waals surface area contributed by atoms with Crippen LogP contribution in [0.4, 0.5) is 18.6 Å². The standard InChI is InChI=1S/C22H29F2N5O5S/c1-29-9-5-7-12(29)6-4-8-26-22(31)27-21-16(19(25)30)20(28-35-21)34-11-13-17(23)14(32-2)10-15(33-3)18(13)24/h10,12H,4-9,11H2,1-3H3,(H2,25,30)(H2,26,27,31). The first-order valence-corrected chi connectivity index (χ1v) is 11.8. The zero-order chi connectivity index (χ0) is 25.5.